The lowest BCUT2D eigenvalue weighted by atomic mass is 10.0. The van der Waals surface area contributed by atoms with E-state index >= 15 is 0 Å². The van der Waals surface area contributed by atoms with Crippen molar-refractivity contribution < 1.29 is 4.79 Å². The molecule has 0 bridgehead atoms. The van der Waals surface area contributed by atoms with Crippen molar-refractivity contribution in [3.8, 4) is 0 Å². The van der Waals surface area contributed by atoms with E-state index in [4.69, 9.17) is 0 Å². The Kier molecular flexibility index (Phi) is 4.16. The molecule has 0 unspecified atom stereocenters. The molecule has 21 heavy (non-hydrogen) atoms. The minimum absolute atomic E-state index is 0.0260. The molecule has 0 aliphatic heterocycles. The van der Waals surface area contributed by atoms with Gasteiger partial charge in [0.15, 0.2) is 0 Å². The standard InChI is InChI=1S/C17H23N3O/c1-11-7-8-15(12(2)9-11)10-19(5)17(21)16-13(3)18-20(6)14(16)4/h7-9H,10H2,1-6H3. The second-order valence-electron chi connectivity index (χ2n) is 5.76. The first kappa shape index (κ1) is 15.3. The van der Waals surface area contributed by atoms with E-state index in [1.54, 1.807) is 9.58 Å². The maximum atomic E-state index is 12.7. The van der Waals surface area contributed by atoms with E-state index in [0.29, 0.717) is 12.1 Å². The van der Waals surface area contributed by atoms with E-state index in [1.807, 2.05) is 27.9 Å². The zero-order valence-electron chi connectivity index (χ0n) is 13.7. The molecule has 0 atom stereocenters. The number of aromatic nitrogens is 2. The van der Waals surface area contributed by atoms with Crippen LogP contribution in [0.3, 0.4) is 0 Å². The number of carbonyl (C=O) groups excluding carboxylic acids is 1. The van der Waals surface area contributed by atoms with Crippen LogP contribution in [0.4, 0.5) is 0 Å². The molecule has 1 heterocycles. The van der Waals surface area contributed by atoms with Gasteiger partial charge in [0.05, 0.1) is 11.3 Å². The number of hydrogen-bond acceptors (Lipinski definition) is 2. The molecular formula is C17H23N3O. The van der Waals surface area contributed by atoms with E-state index < -0.39 is 0 Å². The Hall–Kier alpha value is -2.10. The van der Waals surface area contributed by atoms with Crippen molar-refractivity contribution in [1.29, 1.82) is 0 Å². The molecule has 4 heteroatoms. The Bertz CT molecular complexity index is 686. The van der Waals surface area contributed by atoms with Gasteiger partial charge >= 0.3 is 0 Å². The topological polar surface area (TPSA) is 38.1 Å². The highest BCUT2D eigenvalue weighted by molar-refractivity contribution is 5.96. The van der Waals surface area contributed by atoms with Crippen LogP contribution in [0.25, 0.3) is 0 Å². The quantitative estimate of drug-likeness (QED) is 0.869. The third-order valence-corrected chi connectivity index (χ3v) is 3.98. The van der Waals surface area contributed by atoms with Gasteiger partial charge in [-0.05, 0) is 38.8 Å². The van der Waals surface area contributed by atoms with Crippen molar-refractivity contribution in [3.63, 3.8) is 0 Å². The van der Waals surface area contributed by atoms with Gasteiger partial charge in [-0.3, -0.25) is 9.48 Å². The third-order valence-electron chi connectivity index (χ3n) is 3.98. The molecule has 0 aliphatic rings. The number of nitrogens with zero attached hydrogens (tertiary/aromatic N) is 3. The molecule has 0 saturated carbocycles. The fourth-order valence-corrected chi connectivity index (χ4v) is 2.62. The fraction of sp³-hybridized carbons (Fsp3) is 0.412. The van der Waals surface area contributed by atoms with Gasteiger partial charge in [0.25, 0.3) is 5.91 Å². The monoisotopic (exact) mass is 285 g/mol. The summed E-state index contributed by atoms with van der Waals surface area (Å²) in [7, 11) is 3.71. The van der Waals surface area contributed by atoms with Crippen LogP contribution < -0.4 is 0 Å². The van der Waals surface area contributed by atoms with Crippen molar-refractivity contribution in [2.24, 2.45) is 7.05 Å². The number of rotatable bonds is 3. The molecule has 0 radical (unpaired) electrons. The van der Waals surface area contributed by atoms with Gasteiger partial charge in [-0.15, -0.1) is 0 Å². The van der Waals surface area contributed by atoms with E-state index in [0.717, 1.165) is 11.4 Å². The van der Waals surface area contributed by atoms with Gasteiger partial charge in [0.1, 0.15) is 0 Å². The van der Waals surface area contributed by atoms with Crippen LogP contribution in [0.1, 0.15) is 38.4 Å². The minimum Gasteiger partial charge on any atom is -0.337 e. The predicted molar refractivity (Wildman–Crippen MR) is 84.4 cm³/mol. The van der Waals surface area contributed by atoms with Gasteiger partial charge in [-0.2, -0.15) is 5.10 Å². The number of aryl methyl sites for hydroxylation is 4. The molecule has 112 valence electrons. The molecular weight excluding hydrogens is 262 g/mol. The summed E-state index contributed by atoms with van der Waals surface area (Å²) in [5, 5.41) is 4.32. The van der Waals surface area contributed by atoms with E-state index in [-0.39, 0.29) is 5.91 Å². The molecule has 2 aromatic rings. The molecule has 2 rings (SSSR count). The highest BCUT2D eigenvalue weighted by atomic mass is 16.2. The lowest BCUT2D eigenvalue weighted by Gasteiger charge is -2.19. The normalized spacial score (nSPS) is 10.8. The van der Waals surface area contributed by atoms with Crippen LogP contribution in [-0.2, 0) is 13.6 Å². The Balaban J connectivity index is 2.23. The fourth-order valence-electron chi connectivity index (χ4n) is 2.62. The molecule has 0 aliphatic carbocycles. The SMILES string of the molecule is Cc1ccc(CN(C)C(=O)c2c(C)nn(C)c2C)c(C)c1. The highest BCUT2D eigenvalue weighted by Crippen LogP contribution is 2.17. The summed E-state index contributed by atoms with van der Waals surface area (Å²) in [6.07, 6.45) is 0. The van der Waals surface area contributed by atoms with Crippen molar-refractivity contribution in [1.82, 2.24) is 14.7 Å². The molecule has 1 amide bonds. The smallest absolute Gasteiger partial charge is 0.257 e. The van der Waals surface area contributed by atoms with Crippen LogP contribution in [0.15, 0.2) is 18.2 Å². The minimum atomic E-state index is 0.0260. The van der Waals surface area contributed by atoms with Gasteiger partial charge in [0.2, 0.25) is 0 Å². The van der Waals surface area contributed by atoms with E-state index in [9.17, 15) is 4.79 Å². The van der Waals surface area contributed by atoms with Crippen LogP contribution in [0, 0.1) is 27.7 Å². The zero-order chi connectivity index (χ0) is 15.7. The summed E-state index contributed by atoms with van der Waals surface area (Å²) < 4.78 is 1.76. The van der Waals surface area contributed by atoms with Gasteiger partial charge in [-0.1, -0.05) is 23.8 Å². The molecule has 0 fully saturated rings. The average molecular weight is 285 g/mol. The Morgan fingerprint density at radius 2 is 1.90 bits per heavy atom. The Morgan fingerprint density at radius 3 is 2.43 bits per heavy atom. The number of benzene rings is 1. The number of carbonyl (C=O) groups is 1. The largest absolute Gasteiger partial charge is 0.337 e. The predicted octanol–water partition coefficient (Wildman–Crippen LogP) is 2.93. The maximum Gasteiger partial charge on any atom is 0.257 e. The molecule has 0 spiro atoms. The molecule has 1 aromatic heterocycles. The zero-order valence-corrected chi connectivity index (χ0v) is 13.7. The van der Waals surface area contributed by atoms with Crippen LogP contribution in [0.2, 0.25) is 0 Å². The first-order valence-electron chi connectivity index (χ1n) is 7.13. The van der Waals surface area contributed by atoms with Gasteiger partial charge in [-0.25, -0.2) is 0 Å². The van der Waals surface area contributed by atoms with Crippen LogP contribution >= 0.6 is 0 Å². The molecule has 0 N–H and O–H groups in total. The third kappa shape index (κ3) is 2.99. The summed E-state index contributed by atoms with van der Waals surface area (Å²) in [4.78, 5) is 14.4. The first-order valence-corrected chi connectivity index (χ1v) is 7.13. The van der Waals surface area contributed by atoms with Crippen molar-refractivity contribution in [2.45, 2.75) is 34.2 Å². The first-order chi connectivity index (χ1) is 9.81. The van der Waals surface area contributed by atoms with Crippen LogP contribution in [0.5, 0.6) is 0 Å². The number of amides is 1. The van der Waals surface area contributed by atoms with Crippen LogP contribution in [-0.4, -0.2) is 27.6 Å². The molecule has 1 aromatic carbocycles. The highest BCUT2D eigenvalue weighted by Gasteiger charge is 2.21. The summed E-state index contributed by atoms with van der Waals surface area (Å²) >= 11 is 0. The summed E-state index contributed by atoms with van der Waals surface area (Å²) in [6, 6.07) is 6.33. The number of hydrogen-bond donors (Lipinski definition) is 0. The van der Waals surface area contributed by atoms with E-state index in [2.05, 4.69) is 37.1 Å². The maximum absolute atomic E-state index is 12.7. The Labute approximate surface area is 126 Å². The molecule has 4 nitrogen and oxygen atoms in total. The van der Waals surface area contributed by atoms with Crippen molar-refractivity contribution in [2.75, 3.05) is 7.05 Å². The van der Waals surface area contributed by atoms with Gasteiger partial charge < -0.3 is 4.90 Å². The molecule has 0 saturated heterocycles. The van der Waals surface area contributed by atoms with Crippen molar-refractivity contribution in [3.05, 3.63) is 51.8 Å². The Morgan fingerprint density at radius 1 is 1.24 bits per heavy atom. The summed E-state index contributed by atoms with van der Waals surface area (Å²) in [5.74, 6) is 0.0260. The lowest BCUT2D eigenvalue weighted by molar-refractivity contribution is 0.0783. The second kappa shape index (κ2) is 5.72. The second-order valence-corrected chi connectivity index (χ2v) is 5.76. The average Bonchev–Trinajstić information content (AvgIpc) is 2.66. The van der Waals surface area contributed by atoms with Gasteiger partial charge in [0, 0.05) is 26.3 Å². The van der Waals surface area contributed by atoms with Crippen molar-refractivity contribution >= 4 is 5.91 Å². The lowest BCUT2D eigenvalue weighted by Crippen LogP contribution is -2.27. The van der Waals surface area contributed by atoms with E-state index in [1.165, 1.54) is 16.7 Å². The summed E-state index contributed by atoms with van der Waals surface area (Å²) in [5.41, 5.74) is 6.04. The summed E-state index contributed by atoms with van der Waals surface area (Å²) in [6.45, 7) is 8.58.